The molecule has 0 aliphatic rings. The Morgan fingerprint density at radius 2 is 1.95 bits per heavy atom. The van der Waals surface area contributed by atoms with Crippen molar-refractivity contribution in [3.8, 4) is 5.75 Å². The average Bonchev–Trinajstić information content (AvgIpc) is 2.52. The second-order valence-corrected chi connectivity index (χ2v) is 4.24. The third-order valence-corrected chi connectivity index (χ3v) is 2.65. The minimum atomic E-state index is -0.510. The monoisotopic (exact) mass is 308 g/mol. The van der Waals surface area contributed by atoms with Crippen LogP contribution >= 0.6 is 0 Å². The van der Waals surface area contributed by atoms with E-state index < -0.39 is 17.8 Å². The SMILES string of the molecule is COC(=O)/C=C/COc1cc(F)ccc1/C=C(\C)C(=O)OC. The summed E-state index contributed by atoms with van der Waals surface area (Å²) in [7, 11) is 2.54. The molecule has 0 aromatic heterocycles. The summed E-state index contributed by atoms with van der Waals surface area (Å²) >= 11 is 0. The topological polar surface area (TPSA) is 61.8 Å². The molecule has 0 amide bonds. The largest absolute Gasteiger partial charge is 0.489 e. The van der Waals surface area contributed by atoms with E-state index >= 15 is 0 Å². The van der Waals surface area contributed by atoms with E-state index in [-0.39, 0.29) is 12.4 Å². The fraction of sp³-hybridized carbons (Fsp3) is 0.250. The Hall–Kier alpha value is -2.63. The van der Waals surface area contributed by atoms with Gasteiger partial charge in [-0.05, 0) is 31.2 Å². The van der Waals surface area contributed by atoms with Gasteiger partial charge >= 0.3 is 11.9 Å². The fourth-order valence-electron chi connectivity index (χ4n) is 1.56. The highest BCUT2D eigenvalue weighted by atomic mass is 19.1. The first-order valence-corrected chi connectivity index (χ1v) is 6.41. The Bertz CT molecular complexity index is 605. The van der Waals surface area contributed by atoms with Gasteiger partial charge in [0, 0.05) is 23.3 Å². The average molecular weight is 308 g/mol. The van der Waals surface area contributed by atoms with E-state index in [0.29, 0.717) is 11.1 Å². The molecule has 1 rings (SSSR count). The molecule has 0 bridgehead atoms. The van der Waals surface area contributed by atoms with Crippen molar-refractivity contribution in [3.63, 3.8) is 0 Å². The van der Waals surface area contributed by atoms with Gasteiger partial charge in [0.2, 0.25) is 0 Å². The molecule has 1 aromatic rings. The predicted octanol–water partition coefficient (Wildman–Crippen LogP) is 2.51. The van der Waals surface area contributed by atoms with Crippen molar-refractivity contribution in [2.75, 3.05) is 20.8 Å². The van der Waals surface area contributed by atoms with E-state index in [4.69, 9.17) is 4.74 Å². The second-order valence-electron chi connectivity index (χ2n) is 4.24. The number of carbonyl (C=O) groups excluding carboxylic acids is 2. The summed E-state index contributed by atoms with van der Waals surface area (Å²) in [5, 5.41) is 0. The first kappa shape index (κ1) is 17.4. The Labute approximate surface area is 128 Å². The molecule has 0 radical (unpaired) electrons. The lowest BCUT2D eigenvalue weighted by Crippen LogP contribution is -2.02. The fourth-order valence-corrected chi connectivity index (χ4v) is 1.56. The molecule has 0 N–H and O–H groups in total. The number of benzene rings is 1. The summed E-state index contributed by atoms with van der Waals surface area (Å²) in [5.41, 5.74) is 0.875. The molecule has 0 atom stereocenters. The van der Waals surface area contributed by atoms with Gasteiger partial charge in [-0.2, -0.15) is 0 Å². The summed E-state index contributed by atoms with van der Waals surface area (Å²) in [4.78, 5) is 22.3. The van der Waals surface area contributed by atoms with E-state index in [1.54, 1.807) is 6.92 Å². The van der Waals surface area contributed by atoms with Crippen LogP contribution in [0.3, 0.4) is 0 Å². The third kappa shape index (κ3) is 5.40. The molecule has 0 saturated carbocycles. The van der Waals surface area contributed by atoms with Crippen LogP contribution in [0, 0.1) is 5.82 Å². The molecule has 0 aliphatic carbocycles. The zero-order valence-electron chi connectivity index (χ0n) is 12.6. The number of carbonyl (C=O) groups is 2. The van der Waals surface area contributed by atoms with Gasteiger partial charge < -0.3 is 14.2 Å². The van der Waals surface area contributed by atoms with Crippen molar-refractivity contribution in [2.24, 2.45) is 0 Å². The van der Waals surface area contributed by atoms with E-state index in [0.717, 1.165) is 0 Å². The van der Waals surface area contributed by atoms with Crippen LogP contribution in [0.4, 0.5) is 4.39 Å². The number of hydrogen-bond donors (Lipinski definition) is 0. The van der Waals surface area contributed by atoms with Crippen LogP contribution < -0.4 is 4.74 Å². The number of methoxy groups -OCH3 is 2. The minimum absolute atomic E-state index is 0.0522. The van der Waals surface area contributed by atoms with Gasteiger partial charge in [-0.3, -0.25) is 0 Å². The smallest absolute Gasteiger partial charge is 0.333 e. The molecule has 118 valence electrons. The maximum atomic E-state index is 13.3. The number of hydrogen-bond acceptors (Lipinski definition) is 5. The van der Waals surface area contributed by atoms with Crippen LogP contribution in [0.15, 0.2) is 35.9 Å². The van der Waals surface area contributed by atoms with Crippen molar-refractivity contribution in [3.05, 3.63) is 47.3 Å². The van der Waals surface area contributed by atoms with E-state index in [9.17, 15) is 14.0 Å². The van der Waals surface area contributed by atoms with Crippen LogP contribution in [-0.4, -0.2) is 32.8 Å². The van der Waals surface area contributed by atoms with Crippen LogP contribution in [0.2, 0.25) is 0 Å². The van der Waals surface area contributed by atoms with Crippen LogP contribution in [-0.2, 0) is 19.1 Å². The summed E-state index contributed by atoms with van der Waals surface area (Å²) in [6.07, 6.45) is 4.18. The standard InChI is InChI=1S/C16H17FO5/c1-11(16(19)21-3)9-12-6-7-13(17)10-14(12)22-8-4-5-15(18)20-2/h4-7,9-10H,8H2,1-3H3/b5-4+,11-9+. The minimum Gasteiger partial charge on any atom is -0.489 e. The Balaban J connectivity index is 2.89. The summed E-state index contributed by atoms with van der Waals surface area (Å²) in [6.45, 7) is 1.63. The Morgan fingerprint density at radius 3 is 2.59 bits per heavy atom. The molecule has 0 fully saturated rings. The van der Waals surface area contributed by atoms with Crippen molar-refractivity contribution >= 4 is 18.0 Å². The molecule has 0 spiro atoms. The normalized spacial score (nSPS) is 11.4. The summed E-state index contributed by atoms with van der Waals surface area (Å²) in [5.74, 6) is -1.22. The van der Waals surface area contributed by atoms with Crippen molar-refractivity contribution in [1.82, 2.24) is 0 Å². The van der Waals surface area contributed by atoms with Gasteiger partial charge in [0.15, 0.2) is 0 Å². The van der Waals surface area contributed by atoms with Crippen LogP contribution in [0.5, 0.6) is 5.75 Å². The van der Waals surface area contributed by atoms with Crippen molar-refractivity contribution in [1.29, 1.82) is 0 Å². The van der Waals surface area contributed by atoms with E-state index in [1.807, 2.05) is 0 Å². The summed E-state index contributed by atoms with van der Waals surface area (Å²) < 4.78 is 27.7. The molecule has 0 unspecified atom stereocenters. The molecule has 0 saturated heterocycles. The van der Waals surface area contributed by atoms with Gasteiger partial charge in [-0.15, -0.1) is 0 Å². The first-order valence-electron chi connectivity index (χ1n) is 6.41. The molecular formula is C16H17FO5. The van der Waals surface area contributed by atoms with Gasteiger partial charge in [0.05, 0.1) is 14.2 Å². The molecule has 5 nitrogen and oxygen atoms in total. The highest BCUT2D eigenvalue weighted by Crippen LogP contribution is 2.23. The van der Waals surface area contributed by atoms with Gasteiger partial charge in [0.1, 0.15) is 18.2 Å². The quantitative estimate of drug-likeness (QED) is 0.597. The lowest BCUT2D eigenvalue weighted by atomic mass is 10.1. The lowest BCUT2D eigenvalue weighted by molar-refractivity contribution is -0.136. The summed E-state index contributed by atoms with van der Waals surface area (Å²) in [6, 6.07) is 3.94. The van der Waals surface area contributed by atoms with Gasteiger partial charge in [0.25, 0.3) is 0 Å². The lowest BCUT2D eigenvalue weighted by Gasteiger charge is -2.08. The van der Waals surface area contributed by atoms with E-state index in [2.05, 4.69) is 9.47 Å². The molecule has 0 heterocycles. The molecule has 0 aliphatic heterocycles. The Kier molecular flexibility index (Phi) is 6.82. The van der Waals surface area contributed by atoms with Crippen molar-refractivity contribution < 1.29 is 28.2 Å². The number of ether oxygens (including phenoxy) is 3. The van der Waals surface area contributed by atoms with Crippen LogP contribution in [0.25, 0.3) is 6.08 Å². The second kappa shape index (κ2) is 8.61. The molecular weight excluding hydrogens is 291 g/mol. The maximum absolute atomic E-state index is 13.3. The van der Waals surface area contributed by atoms with Crippen molar-refractivity contribution in [2.45, 2.75) is 6.92 Å². The highest BCUT2D eigenvalue weighted by Gasteiger charge is 2.08. The number of halogens is 1. The van der Waals surface area contributed by atoms with Gasteiger partial charge in [-0.25, -0.2) is 14.0 Å². The van der Waals surface area contributed by atoms with Gasteiger partial charge in [-0.1, -0.05) is 0 Å². The molecule has 22 heavy (non-hydrogen) atoms. The zero-order valence-corrected chi connectivity index (χ0v) is 12.6. The zero-order chi connectivity index (χ0) is 16.5. The number of rotatable bonds is 6. The maximum Gasteiger partial charge on any atom is 0.333 e. The highest BCUT2D eigenvalue weighted by molar-refractivity contribution is 5.93. The van der Waals surface area contributed by atoms with Crippen LogP contribution in [0.1, 0.15) is 12.5 Å². The predicted molar refractivity (Wildman–Crippen MR) is 78.7 cm³/mol. The van der Waals surface area contributed by atoms with E-state index in [1.165, 1.54) is 50.6 Å². The first-order chi connectivity index (χ1) is 10.5. The molecule has 6 heteroatoms. The number of esters is 2. The molecule has 1 aromatic carbocycles. The Morgan fingerprint density at radius 1 is 1.23 bits per heavy atom. The third-order valence-electron chi connectivity index (χ3n) is 2.65.